The van der Waals surface area contributed by atoms with Crippen LogP contribution in [0.2, 0.25) is 0 Å². The number of aliphatic carboxylic acids is 1. The highest BCUT2D eigenvalue weighted by atomic mass is 32.2. The van der Waals surface area contributed by atoms with Crippen molar-refractivity contribution in [3.8, 4) is 0 Å². The standard InChI is InChI=1S/C9H17NO3S/c1-6(2)7(3)10-8(11)4-14-5-9(12)13/h6-7H,4-5H2,1-3H3,(H,10,11)(H,12,13)/t7-/m1/s1. The largest absolute Gasteiger partial charge is 0.481 e. The average Bonchev–Trinajstić information content (AvgIpc) is 2.02. The summed E-state index contributed by atoms with van der Waals surface area (Å²) in [5.41, 5.74) is 0. The zero-order valence-corrected chi connectivity index (χ0v) is 9.56. The third-order valence-electron chi connectivity index (χ3n) is 1.85. The molecule has 0 saturated carbocycles. The molecule has 0 aromatic rings. The molecule has 0 aliphatic heterocycles. The van der Waals surface area contributed by atoms with Crippen LogP contribution in [0.5, 0.6) is 0 Å². The van der Waals surface area contributed by atoms with Crippen LogP contribution in [0.3, 0.4) is 0 Å². The molecular formula is C9H17NO3S. The van der Waals surface area contributed by atoms with Crippen molar-refractivity contribution < 1.29 is 14.7 Å². The van der Waals surface area contributed by atoms with Gasteiger partial charge in [-0.05, 0) is 12.8 Å². The second-order valence-corrected chi connectivity index (χ2v) is 4.47. The summed E-state index contributed by atoms with van der Waals surface area (Å²) in [5, 5.41) is 11.1. The van der Waals surface area contributed by atoms with Gasteiger partial charge in [0.2, 0.25) is 5.91 Å². The number of amides is 1. The van der Waals surface area contributed by atoms with Crippen LogP contribution in [0.4, 0.5) is 0 Å². The fourth-order valence-corrected chi connectivity index (χ4v) is 1.24. The number of thioether (sulfide) groups is 1. The Labute approximate surface area is 88.4 Å². The first kappa shape index (κ1) is 13.3. The van der Waals surface area contributed by atoms with Crippen molar-refractivity contribution in [1.82, 2.24) is 5.32 Å². The molecule has 1 amide bonds. The van der Waals surface area contributed by atoms with Gasteiger partial charge in [-0.25, -0.2) is 0 Å². The van der Waals surface area contributed by atoms with Crippen molar-refractivity contribution in [3.05, 3.63) is 0 Å². The van der Waals surface area contributed by atoms with Gasteiger partial charge < -0.3 is 10.4 Å². The van der Waals surface area contributed by atoms with E-state index in [-0.39, 0.29) is 23.5 Å². The van der Waals surface area contributed by atoms with Gasteiger partial charge in [-0.3, -0.25) is 9.59 Å². The monoisotopic (exact) mass is 219 g/mol. The molecule has 0 heterocycles. The van der Waals surface area contributed by atoms with E-state index in [0.29, 0.717) is 5.92 Å². The van der Waals surface area contributed by atoms with Crippen LogP contribution in [0.25, 0.3) is 0 Å². The first-order chi connectivity index (χ1) is 6.43. The van der Waals surface area contributed by atoms with Crippen LogP contribution < -0.4 is 5.32 Å². The molecule has 0 radical (unpaired) electrons. The molecule has 4 nitrogen and oxygen atoms in total. The number of carboxylic acids is 1. The van der Waals surface area contributed by atoms with E-state index >= 15 is 0 Å². The van der Waals surface area contributed by atoms with E-state index in [1.54, 1.807) is 0 Å². The number of carboxylic acid groups (broad SMARTS) is 1. The lowest BCUT2D eigenvalue weighted by molar-refractivity contribution is -0.133. The second-order valence-electron chi connectivity index (χ2n) is 3.49. The lowest BCUT2D eigenvalue weighted by Crippen LogP contribution is -2.37. The third kappa shape index (κ3) is 6.77. The number of carbonyl (C=O) groups is 2. The minimum Gasteiger partial charge on any atom is -0.481 e. The predicted molar refractivity (Wildman–Crippen MR) is 57.4 cm³/mol. The molecule has 0 aliphatic carbocycles. The van der Waals surface area contributed by atoms with E-state index in [9.17, 15) is 9.59 Å². The van der Waals surface area contributed by atoms with Crippen molar-refractivity contribution in [1.29, 1.82) is 0 Å². The number of nitrogens with one attached hydrogen (secondary N) is 1. The van der Waals surface area contributed by atoms with Crippen molar-refractivity contribution >= 4 is 23.6 Å². The fourth-order valence-electron chi connectivity index (χ4n) is 0.693. The maximum Gasteiger partial charge on any atom is 0.313 e. The Hall–Kier alpha value is -0.710. The van der Waals surface area contributed by atoms with Gasteiger partial charge >= 0.3 is 5.97 Å². The molecule has 0 aliphatic rings. The first-order valence-electron chi connectivity index (χ1n) is 4.52. The highest BCUT2D eigenvalue weighted by molar-refractivity contribution is 8.00. The Morgan fingerprint density at radius 3 is 2.29 bits per heavy atom. The Morgan fingerprint density at radius 2 is 1.86 bits per heavy atom. The van der Waals surface area contributed by atoms with Crippen molar-refractivity contribution in [2.75, 3.05) is 11.5 Å². The maximum absolute atomic E-state index is 11.2. The first-order valence-corrected chi connectivity index (χ1v) is 5.68. The zero-order valence-electron chi connectivity index (χ0n) is 8.74. The number of hydrogen-bond acceptors (Lipinski definition) is 3. The van der Waals surface area contributed by atoms with Gasteiger partial charge in [-0.15, -0.1) is 11.8 Å². The molecule has 0 bridgehead atoms. The average molecular weight is 219 g/mol. The lowest BCUT2D eigenvalue weighted by Gasteiger charge is -2.16. The summed E-state index contributed by atoms with van der Waals surface area (Å²) in [6.07, 6.45) is 0. The van der Waals surface area contributed by atoms with Gasteiger partial charge in [0, 0.05) is 6.04 Å². The molecule has 5 heteroatoms. The van der Waals surface area contributed by atoms with Gasteiger partial charge in [0.15, 0.2) is 0 Å². The van der Waals surface area contributed by atoms with E-state index in [1.807, 2.05) is 20.8 Å². The molecule has 0 rings (SSSR count). The summed E-state index contributed by atoms with van der Waals surface area (Å²) < 4.78 is 0. The molecular weight excluding hydrogens is 202 g/mol. The quantitative estimate of drug-likeness (QED) is 0.698. The molecule has 82 valence electrons. The molecule has 0 spiro atoms. The minimum atomic E-state index is -0.889. The molecule has 2 N–H and O–H groups in total. The molecule has 0 saturated heterocycles. The summed E-state index contributed by atoms with van der Waals surface area (Å²) in [5.74, 6) is -0.409. The van der Waals surface area contributed by atoms with Crippen LogP contribution in [0.1, 0.15) is 20.8 Å². The molecule has 0 fully saturated rings. The van der Waals surface area contributed by atoms with Crippen LogP contribution in [0, 0.1) is 5.92 Å². The number of carbonyl (C=O) groups excluding carboxylic acids is 1. The Morgan fingerprint density at radius 1 is 1.29 bits per heavy atom. The number of hydrogen-bond donors (Lipinski definition) is 2. The summed E-state index contributed by atoms with van der Waals surface area (Å²) in [4.78, 5) is 21.4. The Bertz CT molecular complexity index is 206. The Balaban J connectivity index is 3.60. The SMILES string of the molecule is CC(C)[C@@H](C)NC(=O)CSCC(=O)O. The maximum atomic E-state index is 11.2. The summed E-state index contributed by atoms with van der Waals surface area (Å²) in [7, 11) is 0. The number of rotatable bonds is 6. The van der Waals surface area contributed by atoms with Gasteiger partial charge in [-0.2, -0.15) is 0 Å². The third-order valence-corrected chi connectivity index (χ3v) is 2.76. The highest BCUT2D eigenvalue weighted by Gasteiger charge is 2.10. The van der Waals surface area contributed by atoms with Crippen LogP contribution >= 0.6 is 11.8 Å². The van der Waals surface area contributed by atoms with E-state index in [0.717, 1.165) is 11.8 Å². The van der Waals surface area contributed by atoms with E-state index < -0.39 is 5.97 Å². The van der Waals surface area contributed by atoms with E-state index in [4.69, 9.17) is 5.11 Å². The molecule has 0 aromatic carbocycles. The fraction of sp³-hybridized carbons (Fsp3) is 0.778. The van der Waals surface area contributed by atoms with Gasteiger partial charge in [-0.1, -0.05) is 13.8 Å². The normalized spacial score (nSPS) is 12.6. The summed E-state index contributed by atoms with van der Waals surface area (Å²) in [6.45, 7) is 5.98. The van der Waals surface area contributed by atoms with Crippen molar-refractivity contribution in [2.24, 2.45) is 5.92 Å². The van der Waals surface area contributed by atoms with E-state index in [1.165, 1.54) is 0 Å². The Kier molecular flexibility index (Phi) is 6.36. The van der Waals surface area contributed by atoms with Crippen molar-refractivity contribution in [2.45, 2.75) is 26.8 Å². The van der Waals surface area contributed by atoms with Crippen molar-refractivity contribution in [3.63, 3.8) is 0 Å². The molecule has 0 aromatic heterocycles. The van der Waals surface area contributed by atoms with Crippen LogP contribution in [0.15, 0.2) is 0 Å². The summed E-state index contributed by atoms with van der Waals surface area (Å²) >= 11 is 1.11. The van der Waals surface area contributed by atoms with Crippen LogP contribution in [-0.4, -0.2) is 34.5 Å². The predicted octanol–water partition coefficient (Wildman–Crippen LogP) is 0.965. The van der Waals surface area contributed by atoms with Crippen LogP contribution in [-0.2, 0) is 9.59 Å². The van der Waals surface area contributed by atoms with Gasteiger partial charge in [0.25, 0.3) is 0 Å². The highest BCUT2D eigenvalue weighted by Crippen LogP contribution is 2.02. The molecule has 14 heavy (non-hydrogen) atoms. The van der Waals surface area contributed by atoms with Gasteiger partial charge in [0.05, 0.1) is 11.5 Å². The van der Waals surface area contributed by atoms with E-state index in [2.05, 4.69) is 5.32 Å². The van der Waals surface area contributed by atoms with Gasteiger partial charge in [0.1, 0.15) is 0 Å². The summed E-state index contributed by atoms with van der Waals surface area (Å²) in [6, 6.07) is 0.132. The second kappa shape index (κ2) is 6.70. The topological polar surface area (TPSA) is 66.4 Å². The molecule has 0 unspecified atom stereocenters. The zero-order chi connectivity index (χ0) is 11.1. The molecule has 1 atom stereocenters. The smallest absolute Gasteiger partial charge is 0.313 e. The lowest BCUT2D eigenvalue weighted by atomic mass is 10.1. The minimum absolute atomic E-state index is 0.0243.